The highest BCUT2D eigenvalue weighted by Gasteiger charge is 2.27. The van der Waals surface area contributed by atoms with E-state index in [9.17, 15) is 0 Å². The highest BCUT2D eigenvalue weighted by atomic mass is 14.1. The Morgan fingerprint density at radius 1 is 0.520 bits per heavy atom. The molecule has 0 bridgehead atoms. The molecule has 25 heavy (non-hydrogen) atoms. The highest BCUT2D eigenvalue weighted by Crippen LogP contribution is 2.11. The summed E-state index contributed by atoms with van der Waals surface area (Å²) in [4.78, 5) is 0. The van der Waals surface area contributed by atoms with E-state index in [2.05, 4.69) is 96.1 Å². The molecule has 3 aromatic carbocycles. The van der Waals surface area contributed by atoms with Crippen LogP contribution >= 0.6 is 0 Å². The second-order valence-corrected chi connectivity index (χ2v) is 7.47. The third-order valence-corrected chi connectivity index (χ3v) is 5.23. The van der Waals surface area contributed by atoms with Crippen molar-refractivity contribution in [3.8, 4) is 0 Å². The van der Waals surface area contributed by atoms with Crippen LogP contribution in [0, 0.1) is 41.5 Å². The van der Waals surface area contributed by atoms with E-state index in [4.69, 9.17) is 0 Å². The first-order chi connectivity index (χ1) is 11.9. The standard InChI is InChI=1S/C24H27B/c1-16-9-7-12-22(15-16)25(23-18(3)10-8-11-19(23)4)24-20(5)13-17(2)14-21(24)6/h7-15H,1-6H3. The number of aryl methyl sites for hydroxylation is 6. The molecule has 126 valence electrons. The Balaban J connectivity index is 2.35. The van der Waals surface area contributed by atoms with Crippen molar-refractivity contribution in [2.45, 2.75) is 41.5 Å². The Kier molecular flexibility index (Phi) is 4.86. The number of hydrogen-bond acceptors (Lipinski definition) is 0. The second kappa shape index (κ2) is 6.92. The summed E-state index contributed by atoms with van der Waals surface area (Å²) in [5, 5.41) is 0. The fourth-order valence-corrected chi connectivity index (χ4v) is 4.26. The van der Waals surface area contributed by atoms with Crippen LogP contribution in [0.3, 0.4) is 0 Å². The van der Waals surface area contributed by atoms with Crippen molar-refractivity contribution in [3.63, 3.8) is 0 Å². The van der Waals surface area contributed by atoms with Crippen LogP contribution in [-0.4, -0.2) is 6.71 Å². The van der Waals surface area contributed by atoms with Crippen LogP contribution in [0.25, 0.3) is 0 Å². The fraction of sp³-hybridized carbons (Fsp3) is 0.250. The quantitative estimate of drug-likeness (QED) is 0.637. The molecule has 0 amide bonds. The first kappa shape index (κ1) is 17.5. The fourth-order valence-electron chi connectivity index (χ4n) is 4.26. The molecule has 0 radical (unpaired) electrons. The zero-order valence-electron chi connectivity index (χ0n) is 16.3. The predicted molar refractivity (Wildman–Crippen MR) is 112 cm³/mol. The summed E-state index contributed by atoms with van der Waals surface area (Å²) in [6.45, 7) is 13.6. The van der Waals surface area contributed by atoms with Gasteiger partial charge >= 0.3 is 0 Å². The maximum atomic E-state index is 2.34. The van der Waals surface area contributed by atoms with Gasteiger partial charge in [-0.3, -0.25) is 0 Å². The zero-order valence-corrected chi connectivity index (χ0v) is 16.3. The topological polar surface area (TPSA) is 0 Å². The van der Waals surface area contributed by atoms with Crippen molar-refractivity contribution in [1.82, 2.24) is 0 Å². The minimum atomic E-state index is 0.279. The molecule has 0 unspecified atom stereocenters. The van der Waals surface area contributed by atoms with Gasteiger partial charge in [-0.05, 0) is 41.5 Å². The largest absolute Gasteiger partial charge is 0.242 e. The molecule has 0 spiro atoms. The number of rotatable bonds is 3. The van der Waals surface area contributed by atoms with E-state index in [1.165, 1.54) is 49.8 Å². The molecule has 0 saturated heterocycles. The van der Waals surface area contributed by atoms with Gasteiger partial charge in [0, 0.05) is 0 Å². The molecular weight excluding hydrogens is 299 g/mol. The Morgan fingerprint density at radius 3 is 1.60 bits per heavy atom. The van der Waals surface area contributed by atoms with Crippen LogP contribution in [0.1, 0.15) is 33.4 Å². The molecular formula is C24H27B. The van der Waals surface area contributed by atoms with Crippen LogP contribution in [0.5, 0.6) is 0 Å². The van der Waals surface area contributed by atoms with E-state index in [1.807, 2.05) is 0 Å². The van der Waals surface area contributed by atoms with E-state index >= 15 is 0 Å². The van der Waals surface area contributed by atoms with Gasteiger partial charge in [-0.15, -0.1) is 0 Å². The summed E-state index contributed by atoms with van der Waals surface area (Å²) in [7, 11) is 0. The minimum absolute atomic E-state index is 0.279. The summed E-state index contributed by atoms with van der Waals surface area (Å²) < 4.78 is 0. The highest BCUT2D eigenvalue weighted by molar-refractivity contribution is 6.96. The lowest BCUT2D eigenvalue weighted by molar-refractivity contribution is 1.35. The lowest BCUT2D eigenvalue weighted by atomic mass is 9.34. The summed E-state index contributed by atoms with van der Waals surface area (Å²) in [6.07, 6.45) is 0. The van der Waals surface area contributed by atoms with Crippen LogP contribution < -0.4 is 16.4 Å². The summed E-state index contributed by atoms with van der Waals surface area (Å²) in [6, 6.07) is 20.3. The average Bonchev–Trinajstić information content (AvgIpc) is 2.52. The number of benzene rings is 3. The van der Waals surface area contributed by atoms with Crippen molar-refractivity contribution >= 4 is 23.1 Å². The molecule has 0 aliphatic heterocycles. The molecule has 0 aliphatic carbocycles. The van der Waals surface area contributed by atoms with Crippen molar-refractivity contribution in [3.05, 3.63) is 88.0 Å². The summed E-state index contributed by atoms with van der Waals surface area (Å²) >= 11 is 0. The van der Waals surface area contributed by atoms with Crippen molar-refractivity contribution in [2.24, 2.45) is 0 Å². The third kappa shape index (κ3) is 3.42. The molecule has 0 N–H and O–H groups in total. The predicted octanol–water partition coefficient (Wildman–Crippen LogP) is 4.05. The van der Waals surface area contributed by atoms with Crippen molar-refractivity contribution in [1.29, 1.82) is 0 Å². The Bertz CT molecular complexity index is 878. The summed E-state index contributed by atoms with van der Waals surface area (Å²) in [5.41, 5.74) is 12.4. The summed E-state index contributed by atoms with van der Waals surface area (Å²) in [5.74, 6) is 0. The molecule has 0 aromatic heterocycles. The first-order valence-corrected chi connectivity index (χ1v) is 9.09. The first-order valence-electron chi connectivity index (χ1n) is 9.09. The average molecular weight is 326 g/mol. The lowest BCUT2D eigenvalue weighted by Gasteiger charge is -2.24. The van der Waals surface area contributed by atoms with Gasteiger partial charge in [0.05, 0.1) is 0 Å². The maximum Gasteiger partial charge on any atom is 0.242 e. The van der Waals surface area contributed by atoms with E-state index < -0.39 is 0 Å². The van der Waals surface area contributed by atoms with E-state index in [1.54, 1.807) is 0 Å². The molecule has 1 heteroatoms. The smallest absolute Gasteiger partial charge is 0.0684 e. The maximum absolute atomic E-state index is 2.34. The molecule has 0 fully saturated rings. The molecule has 3 aromatic rings. The van der Waals surface area contributed by atoms with Gasteiger partial charge in [-0.25, -0.2) is 0 Å². The SMILES string of the molecule is Cc1cccc(B(c2c(C)cccc2C)c2c(C)cc(C)cc2C)c1. The molecule has 3 rings (SSSR count). The normalized spacial score (nSPS) is 10.8. The van der Waals surface area contributed by atoms with Crippen LogP contribution in [0.4, 0.5) is 0 Å². The molecule has 0 heterocycles. The van der Waals surface area contributed by atoms with Gasteiger partial charge < -0.3 is 0 Å². The van der Waals surface area contributed by atoms with E-state index in [-0.39, 0.29) is 6.71 Å². The zero-order chi connectivity index (χ0) is 18.1. The van der Waals surface area contributed by atoms with Crippen molar-refractivity contribution < 1.29 is 0 Å². The van der Waals surface area contributed by atoms with Gasteiger partial charge in [-0.1, -0.05) is 104 Å². The van der Waals surface area contributed by atoms with Crippen molar-refractivity contribution in [2.75, 3.05) is 0 Å². The van der Waals surface area contributed by atoms with Gasteiger partial charge in [0.1, 0.15) is 0 Å². The molecule has 0 nitrogen and oxygen atoms in total. The van der Waals surface area contributed by atoms with Crippen LogP contribution in [-0.2, 0) is 0 Å². The molecule has 0 aliphatic rings. The Labute approximate surface area is 153 Å². The molecule has 0 saturated carbocycles. The van der Waals surface area contributed by atoms with Gasteiger partial charge in [0.2, 0.25) is 6.71 Å². The van der Waals surface area contributed by atoms with Gasteiger partial charge in [-0.2, -0.15) is 0 Å². The van der Waals surface area contributed by atoms with E-state index in [0.717, 1.165) is 0 Å². The Hall–Kier alpha value is -2.28. The lowest BCUT2D eigenvalue weighted by Crippen LogP contribution is -2.55. The minimum Gasteiger partial charge on any atom is -0.0684 e. The Morgan fingerprint density at radius 2 is 1.04 bits per heavy atom. The molecule has 0 atom stereocenters. The van der Waals surface area contributed by atoms with Crippen LogP contribution in [0.15, 0.2) is 54.6 Å². The van der Waals surface area contributed by atoms with Crippen LogP contribution in [0.2, 0.25) is 0 Å². The van der Waals surface area contributed by atoms with Gasteiger partial charge in [0.25, 0.3) is 0 Å². The van der Waals surface area contributed by atoms with E-state index in [0.29, 0.717) is 0 Å². The third-order valence-electron chi connectivity index (χ3n) is 5.23. The second-order valence-electron chi connectivity index (χ2n) is 7.47. The monoisotopic (exact) mass is 326 g/mol. The van der Waals surface area contributed by atoms with Gasteiger partial charge in [0.15, 0.2) is 0 Å². The number of hydrogen-bond donors (Lipinski definition) is 0.